The van der Waals surface area contributed by atoms with E-state index in [1.54, 1.807) is 18.7 Å². The minimum Gasteiger partial charge on any atom is -0.465 e. The van der Waals surface area contributed by atoms with Crippen LogP contribution in [-0.4, -0.2) is 36.6 Å². The summed E-state index contributed by atoms with van der Waals surface area (Å²) in [6, 6.07) is 18.3. The highest BCUT2D eigenvalue weighted by molar-refractivity contribution is 7.99. The Morgan fingerprint density at radius 2 is 1.90 bits per heavy atom. The van der Waals surface area contributed by atoms with E-state index >= 15 is 0 Å². The lowest BCUT2D eigenvalue weighted by Crippen LogP contribution is -2.35. The minimum absolute atomic E-state index is 0.154. The van der Waals surface area contributed by atoms with Gasteiger partial charge in [0.05, 0.1) is 17.9 Å². The number of cyclic esters (lactones) is 1. The van der Waals surface area contributed by atoms with Crippen LogP contribution in [0.2, 0.25) is 0 Å². The zero-order valence-electron chi connectivity index (χ0n) is 17.7. The van der Waals surface area contributed by atoms with Crippen molar-refractivity contribution < 1.29 is 19.1 Å². The second-order valence-corrected chi connectivity index (χ2v) is 8.66. The summed E-state index contributed by atoms with van der Waals surface area (Å²) in [7, 11) is 0. The third-order valence-electron chi connectivity index (χ3n) is 5.56. The van der Waals surface area contributed by atoms with Crippen LogP contribution in [0, 0.1) is 5.92 Å². The molecule has 2 aromatic rings. The first-order valence-corrected chi connectivity index (χ1v) is 11.5. The molecule has 0 aromatic heterocycles. The quantitative estimate of drug-likeness (QED) is 0.471. The highest BCUT2D eigenvalue weighted by atomic mass is 32.2. The largest absolute Gasteiger partial charge is 0.465 e. The normalized spacial score (nSPS) is 20.2. The standard InChI is InChI=1S/C25H25NO4S/c1-3-29-24(27)21-16(2)26-19-15-30-25(28)23(19)22(21)18-11-7-8-12-20(18)31-14-13-17-9-5-4-6-10-17/h4-12,21-22H,3,13-15H2,1-2H3. The molecule has 0 N–H and O–H groups in total. The Kier molecular flexibility index (Phi) is 6.56. The van der Waals surface area contributed by atoms with Gasteiger partial charge in [-0.25, -0.2) is 4.79 Å². The van der Waals surface area contributed by atoms with Crippen LogP contribution < -0.4 is 0 Å². The molecule has 0 fully saturated rings. The van der Waals surface area contributed by atoms with Gasteiger partial charge in [0.25, 0.3) is 0 Å². The summed E-state index contributed by atoms with van der Waals surface area (Å²) in [6.45, 7) is 4.04. The number of thioether (sulfide) groups is 1. The molecule has 0 bridgehead atoms. The molecule has 2 unspecified atom stereocenters. The van der Waals surface area contributed by atoms with Crippen molar-refractivity contribution in [2.45, 2.75) is 31.1 Å². The molecule has 0 saturated heterocycles. The van der Waals surface area contributed by atoms with E-state index in [9.17, 15) is 9.59 Å². The van der Waals surface area contributed by atoms with Crippen LogP contribution in [0.3, 0.4) is 0 Å². The topological polar surface area (TPSA) is 65.0 Å². The van der Waals surface area contributed by atoms with E-state index in [0.717, 1.165) is 22.6 Å². The van der Waals surface area contributed by atoms with Crippen LogP contribution in [0.25, 0.3) is 0 Å². The SMILES string of the molecule is CCOC(=O)C1C(C)=NC2=C(C(=O)OC2)C1c1ccccc1SCCc1ccccc1. The van der Waals surface area contributed by atoms with Crippen LogP contribution in [-0.2, 0) is 25.5 Å². The fourth-order valence-corrected chi connectivity index (χ4v) is 5.26. The van der Waals surface area contributed by atoms with Gasteiger partial charge in [-0.1, -0.05) is 48.5 Å². The van der Waals surface area contributed by atoms with E-state index < -0.39 is 17.8 Å². The van der Waals surface area contributed by atoms with Gasteiger partial charge in [-0.05, 0) is 37.5 Å². The zero-order valence-corrected chi connectivity index (χ0v) is 18.5. The van der Waals surface area contributed by atoms with Crippen molar-refractivity contribution in [3.05, 3.63) is 77.0 Å². The molecule has 2 aliphatic rings. The van der Waals surface area contributed by atoms with Gasteiger partial charge in [-0.3, -0.25) is 9.79 Å². The van der Waals surface area contributed by atoms with Crippen LogP contribution in [0.4, 0.5) is 0 Å². The Morgan fingerprint density at radius 3 is 2.68 bits per heavy atom. The first-order valence-electron chi connectivity index (χ1n) is 10.5. The predicted molar refractivity (Wildman–Crippen MR) is 121 cm³/mol. The molecular weight excluding hydrogens is 410 g/mol. The summed E-state index contributed by atoms with van der Waals surface area (Å²) in [6.07, 6.45) is 0.933. The number of nitrogens with zero attached hydrogens (tertiary/aromatic N) is 1. The fourth-order valence-electron chi connectivity index (χ4n) is 4.16. The molecule has 0 saturated carbocycles. The van der Waals surface area contributed by atoms with Gasteiger partial charge in [0.15, 0.2) is 0 Å². The van der Waals surface area contributed by atoms with E-state index in [-0.39, 0.29) is 19.2 Å². The second kappa shape index (κ2) is 9.52. The smallest absolute Gasteiger partial charge is 0.337 e. The van der Waals surface area contributed by atoms with Gasteiger partial charge in [-0.2, -0.15) is 0 Å². The number of benzene rings is 2. The Labute approximate surface area is 186 Å². The molecule has 0 aliphatic carbocycles. The summed E-state index contributed by atoms with van der Waals surface area (Å²) in [4.78, 5) is 31.1. The number of hydrogen-bond donors (Lipinski definition) is 0. The predicted octanol–water partition coefficient (Wildman–Crippen LogP) is 4.57. The summed E-state index contributed by atoms with van der Waals surface area (Å²) < 4.78 is 10.7. The number of ether oxygens (including phenoxy) is 2. The molecule has 0 spiro atoms. The molecule has 0 radical (unpaired) electrons. The summed E-state index contributed by atoms with van der Waals surface area (Å²) in [5.74, 6) is -0.956. The van der Waals surface area contributed by atoms with E-state index in [1.807, 2.05) is 43.3 Å². The fraction of sp³-hybridized carbons (Fsp3) is 0.320. The molecule has 5 nitrogen and oxygen atoms in total. The Morgan fingerprint density at radius 1 is 1.16 bits per heavy atom. The van der Waals surface area contributed by atoms with Gasteiger partial charge in [0, 0.05) is 22.3 Å². The Balaban J connectivity index is 1.67. The van der Waals surface area contributed by atoms with Crippen molar-refractivity contribution >= 4 is 29.4 Å². The van der Waals surface area contributed by atoms with Gasteiger partial charge < -0.3 is 9.47 Å². The minimum atomic E-state index is -0.639. The number of carbonyl (C=O) groups is 2. The van der Waals surface area contributed by atoms with Crippen molar-refractivity contribution in [3.63, 3.8) is 0 Å². The lowest BCUT2D eigenvalue weighted by atomic mass is 9.76. The number of aryl methyl sites for hydroxylation is 1. The highest BCUT2D eigenvalue weighted by Gasteiger charge is 2.46. The average Bonchev–Trinajstić information content (AvgIpc) is 3.14. The maximum Gasteiger partial charge on any atom is 0.337 e. The molecule has 0 amide bonds. The zero-order chi connectivity index (χ0) is 21.8. The molecule has 160 valence electrons. The highest BCUT2D eigenvalue weighted by Crippen LogP contribution is 2.45. The van der Waals surface area contributed by atoms with Crippen molar-refractivity contribution in [1.82, 2.24) is 0 Å². The monoisotopic (exact) mass is 435 g/mol. The van der Waals surface area contributed by atoms with Crippen molar-refractivity contribution in [2.24, 2.45) is 10.9 Å². The van der Waals surface area contributed by atoms with Crippen molar-refractivity contribution in [2.75, 3.05) is 19.0 Å². The molecule has 2 heterocycles. The van der Waals surface area contributed by atoms with Gasteiger partial charge in [0.2, 0.25) is 0 Å². The van der Waals surface area contributed by atoms with Crippen LogP contribution in [0.1, 0.15) is 30.9 Å². The average molecular weight is 436 g/mol. The third-order valence-corrected chi connectivity index (χ3v) is 6.65. The van der Waals surface area contributed by atoms with E-state index in [2.05, 4.69) is 23.2 Å². The summed E-state index contributed by atoms with van der Waals surface area (Å²) >= 11 is 1.73. The Hall–Kier alpha value is -2.86. The lowest BCUT2D eigenvalue weighted by Gasteiger charge is -2.30. The first kappa shape index (κ1) is 21.4. The molecular formula is C25H25NO4S. The van der Waals surface area contributed by atoms with Crippen LogP contribution in [0.15, 0.2) is 75.8 Å². The van der Waals surface area contributed by atoms with Crippen molar-refractivity contribution in [3.8, 4) is 0 Å². The first-order chi connectivity index (χ1) is 15.1. The second-order valence-electron chi connectivity index (χ2n) is 7.52. The lowest BCUT2D eigenvalue weighted by molar-refractivity contribution is -0.146. The molecule has 31 heavy (non-hydrogen) atoms. The van der Waals surface area contributed by atoms with E-state index in [0.29, 0.717) is 17.0 Å². The number of aliphatic imine (C=N–C) groups is 1. The van der Waals surface area contributed by atoms with Gasteiger partial charge >= 0.3 is 11.9 Å². The van der Waals surface area contributed by atoms with Crippen LogP contribution in [0.5, 0.6) is 0 Å². The van der Waals surface area contributed by atoms with E-state index in [1.165, 1.54) is 5.56 Å². The molecule has 2 aliphatic heterocycles. The maximum atomic E-state index is 12.9. The number of carbonyl (C=O) groups excluding carboxylic acids is 2. The molecule has 6 heteroatoms. The van der Waals surface area contributed by atoms with Crippen LogP contribution >= 0.6 is 11.8 Å². The van der Waals surface area contributed by atoms with Gasteiger partial charge in [0.1, 0.15) is 12.5 Å². The van der Waals surface area contributed by atoms with Crippen molar-refractivity contribution in [1.29, 1.82) is 0 Å². The molecule has 2 atom stereocenters. The summed E-state index contributed by atoms with van der Waals surface area (Å²) in [5, 5.41) is 0. The van der Waals surface area contributed by atoms with E-state index in [4.69, 9.17) is 9.47 Å². The molecule has 4 rings (SSSR count). The van der Waals surface area contributed by atoms with Gasteiger partial charge in [-0.15, -0.1) is 11.8 Å². The number of hydrogen-bond acceptors (Lipinski definition) is 6. The third kappa shape index (κ3) is 4.44. The maximum absolute atomic E-state index is 12.9. The number of rotatable bonds is 7. The summed E-state index contributed by atoms with van der Waals surface area (Å²) in [5.41, 5.74) is 3.99. The number of esters is 2. The molecule has 2 aromatic carbocycles. The Bertz CT molecular complexity index is 1040.